The van der Waals surface area contributed by atoms with Gasteiger partial charge in [0.2, 0.25) is 0 Å². The van der Waals surface area contributed by atoms with Gasteiger partial charge < -0.3 is 5.32 Å². The molecule has 0 aromatic rings. The molecular weight excluding hydrogens is 276 g/mol. The van der Waals surface area contributed by atoms with Crippen molar-refractivity contribution in [1.82, 2.24) is 15.1 Å². The molecule has 0 spiro atoms. The fourth-order valence-corrected chi connectivity index (χ4v) is 1.89. The molecular formula is C10H17F6N3. The van der Waals surface area contributed by atoms with Gasteiger partial charge in [-0.2, -0.15) is 26.3 Å². The zero-order valence-electron chi connectivity index (χ0n) is 10.3. The molecule has 0 amide bonds. The average Bonchev–Trinajstić information content (AvgIpc) is 2.23. The Morgan fingerprint density at radius 2 is 1.32 bits per heavy atom. The molecule has 1 saturated heterocycles. The number of piperazine rings is 1. The lowest BCUT2D eigenvalue weighted by Crippen LogP contribution is -2.50. The molecule has 1 fully saturated rings. The number of hydrogen-bond donors (Lipinski definition) is 1. The SMILES string of the molecule is FC(F)(F)CNCCN1CCN(CC(F)(F)F)CC1. The Labute approximate surface area is 107 Å². The van der Waals surface area contributed by atoms with Gasteiger partial charge in [-0.05, 0) is 0 Å². The first-order chi connectivity index (χ1) is 8.66. The topological polar surface area (TPSA) is 18.5 Å². The summed E-state index contributed by atoms with van der Waals surface area (Å²) in [4.78, 5) is 3.16. The van der Waals surface area contributed by atoms with E-state index in [9.17, 15) is 26.3 Å². The molecule has 0 aromatic carbocycles. The van der Waals surface area contributed by atoms with Gasteiger partial charge in [-0.3, -0.25) is 9.80 Å². The third-order valence-electron chi connectivity index (χ3n) is 2.80. The second-order valence-corrected chi connectivity index (χ2v) is 4.52. The molecule has 114 valence electrons. The minimum Gasteiger partial charge on any atom is -0.307 e. The van der Waals surface area contributed by atoms with E-state index in [4.69, 9.17) is 0 Å². The lowest BCUT2D eigenvalue weighted by Gasteiger charge is -2.34. The van der Waals surface area contributed by atoms with Crippen molar-refractivity contribution < 1.29 is 26.3 Å². The van der Waals surface area contributed by atoms with E-state index in [0.29, 0.717) is 32.7 Å². The molecule has 0 saturated carbocycles. The predicted molar refractivity (Wildman–Crippen MR) is 57.9 cm³/mol. The van der Waals surface area contributed by atoms with E-state index < -0.39 is 25.4 Å². The Balaban J connectivity index is 2.10. The maximum Gasteiger partial charge on any atom is 0.401 e. The minimum absolute atomic E-state index is 0.179. The van der Waals surface area contributed by atoms with Gasteiger partial charge in [0.05, 0.1) is 13.1 Å². The molecule has 19 heavy (non-hydrogen) atoms. The highest BCUT2D eigenvalue weighted by molar-refractivity contribution is 4.74. The Hall–Kier alpha value is -0.540. The number of hydrogen-bond acceptors (Lipinski definition) is 3. The van der Waals surface area contributed by atoms with Crippen LogP contribution in [0, 0.1) is 0 Å². The Morgan fingerprint density at radius 3 is 1.79 bits per heavy atom. The highest BCUT2D eigenvalue weighted by Gasteiger charge is 2.32. The Bertz CT molecular complexity index is 254. The summed E-state index contributed by atoms with van der Waals surface area (Å²) in [5.74, 6) is 0. The maximum atomic E-state index is 12.1. The van der Waals surface area contributed by atoms with Crippen molar-refractivity contribution in [2.24, 2.45) is 0 Å². The third kappa shape index (κ3) is 8.27. The summed E-state index contributed by atoms with van der Waals surface area (Å²) in [7, 11) is 0. The van der Waals surface area contributed by atoms with E-state index in [1.807, 2.05) is 4.90 Å². The van der Waals surface area contributed by atoms with Gasteiger partial charge in [0.15, 0.2) is 0 Å². The van der Waals surface area contributed by atoms with Crippen LogP contribution in [0.25, 0.3) is 0 Å². The van der Waals surface area contributed by atoms with Crippen LogP contribution in [0.2, 0.25) is 0 Å². The molecule has 0 unspecified atom stereocenters. The van der Waals surface area contributed by atoms with E-state index in [1.54, 1.807) is 0 Å². The molecule has 9 heteroatoms. The fraction of sp³-hybridized carbons (Fsp3) is 1.00. The van der Waals surface area contributed by atoms with Crippen LogP contribution in [-0.2, 0) is 0 Å². The van der Waals surface area contributed by atoms with Gasteiger partial charge in [-0.1, -0.05) is 0 Å². The van der Waals surface area contributed by atoms with E-state index in [-0.39, 0.29) is 6.54 Å². The molecule has 0 bridgehead atoms. The number of nitrogens with zero attached hydrogens (tertiary/aromatic N) is 2. The standard InChI is InChI=1S/C10H17F6N3/c11-9(12,13)7-17-1-2-18-3-5-19(6-4-18)8-10(14,15)16/h17H,1-8H2. The first-order valence-electron chi connectivity index (χ1n) is 5.95. The first kappa shape index (κ1) is 16.5. The summed E-state index contributed by atoms with van der Waals surface area (Å²) < 4.78 is 71.9. The van der Waals surface area contributed by atoms with Crippen LogP contribution < -0.4 is 5.32 Å². The lowest BCUT2D eigenvalue weighted by molar-refractivity contribution is -0.149. The van der Waals surface area contributed by atoms with Gasteiger partial charge in [0.1, 0.15) is 0 Å². The van der Waals surface area contributed by atoms with Crippen molar-refractivity contribution in [2.45, 2.75) is 12.4 Å². The number of rotatable bonds is 5. The van der Waals surface area contributed by atoms with Crippen molar-refractivity contribution in [3.63, 3.8) is 0 Å². The quantitative estimate of drug-likeness (QED) is 0.609. The van der Waals surface area contributed by atoms with E-state index in [2.05, 4.69) is 5.32 Å². The normalized spacial score (nSPS) is 19.9. The zero-order valence-corrected chi connectivity index (χ0v) is 10.3. The predicted octanol–water partition coefficient (Wildman–Crippen LogP) is 1.32. The summed E-state index contributed by atoms with van der Waals surface area (Å²) in [5.41, 5.74) is 0. The number of halogens is 6. The van der Waals surface area contributed by atoms with Gasteiger partial charge in [-0.25, -0.2) is 0 Å². The van der Waals surface area contributed by atoms with E-state index >= 15 is 0 Å². The molecule has 1 rings (SSSR count). The minimum atomic E-state index is -4.23. The number of alkyl halides is 6. The highest BCUT2D eigenvalue weighted by Crippen LogP contribution is 2.17. The van der Waals surface area contributed by atoms with Crippen molar-refractivity contribution in [1.29, 1.82) is 0 Å². The largest absolute Gasteiger partial charge is 0.401 e. The molecule has 0 radical (unpaired) electrons. The van der Waals surface area contributed by atoms with Crippen LogP contribution >= 0.6 is 0 Å². The molecule has 1 aliphatic heterocycles. The van der Waals surface area contributed by atoms with Crippen LogP contribution in [0.3, 0.4) is 0 Å². The van der Waals surface area contributed by atoms with Gasteiger partial charge >= 0.3 is 12.4 Å². The van der Waals surface area contributed by atoms with Crippen LogP contribution in [0.1, 0.15) is 0 Å². The summed E-state index contributed by atoms with van der Waals surface area (Å²) in [5, 5.41) is 2.26. The molecule has 0 atom stereocenters. The van der Waals surface area contributed by atoms with Crippen LogP contribution in [0.15, 0.2) is 0 Å². The van der Waals surface area contributed by atoms with E-state index in [1.165, 1.54) is 4.90 Å². The fourth-order valence-electron chi connectivity index (χ4n) is 1.89. The number of nitrogens with one attached hydrogen (secondary N) is 1. The second kappa shape index (κ2) is 6.76. The van der Waals surface area contributed by atoms with Gasteiger partial charge in [0.25, 0.3) is 0 Å². The monoisotopic (exact) mass is 293 g/mol. The van der Waals surface area contributed by atoms with Crippen molar-refractivity contribution >= 4 is 0 Å². The van der Waals surface area contributed by atoms with Crippen LogP contribution in [0.4, 0.5) is 26.3 Å². The summed E-state index contributed by atoms with van der Waals surface area (Å²) >= 11 is 0. The van der Waals surface area contributed by atoms with Gasteiger partial charge in [-0.15, -0.1) is 0 Å². The Kier molecular flexibility index (Phi) is 5.87. The molecule has 3 nitrogen and oxygen atoms in total. The van der Waals surface area contributed by atoms with Gasteiger partial charge in [0, 0.05) is 39.3 Å². The molecule has 1 aliphatic rings. The smallest absolute Gasteiger partial charge is 0.307 e. The van der Waals surface area contributed by atoms with Crippen molar-refractivity contribution in [2.75, 3.05) is 52.4 Å². The molecule has 0 aliphatic carbocycles. The average molecular weight is 293 g/mol. The highest BCUT2D eigenvalue weighted by atomic mass is 19.4. The molecule has 1 N–H and O–H groups in total. The molecule has 0 aromatic heterocycles. The third-order valence-corrected chi connectivity index (χ3v) is 2.80. The first-order valence-corrected chi connectivity index (χ1v) is 5.95. The van der Waals surface area contributed by atoms with Crippen molar-refractivity contribution in [3.05, 3.63) is 0 Å². The zero-order chi connectivity index (χ0) is 14.5. The lowest BCUT2D eigenvalue weighted by atomic mass is 10.3. The van der Waals surface area contributed by atoms with Crippen LogP contribution in [-0.4, -0.2) is 74.5 Å². The van der Waals surface area contributed by atoms with E-state index in [0.717, 1.165) is 0 Å². The summed E-state index contributed by atoms with van der Waals surface area (Å²) in [6.45, 7) is 0.105. The van der Waals surface area contributed by atoms with Crippen LogP contribution in [0.5, 0.6) is 0 Å². The second-order valence-electron chi connectivity index (χ2n) is 4.52. The Morgan fingerprint density at radius 1 is 0.789 bits per heavy atom. The van der Waals surface area contributed by atoms with Crippen molar-refractivity contribution in [3.8, 4) is 0 Å². The molecule has 1 heterocycles. The summed E-state index contributed by atoms with van der Waals surface area (Å²) in [6.07, 6.45) is -8.43. The maximum absolute atomic E-state index is 12.1. The summed E-state index contributed by atoms with van der Waals surface area (Å²) in [6, 6.07) is 0.